The lowest BCUT2D eigenvalue weighted by Crippen LogP contribution is -2.31. The fourth-order valence-electron chi connectivity index (χ4n) is 3.54. The van der Waals surface area contributed by atoms with Crippen LogP contribution in [-0.2, 0) is 19.5 Å². The number of amides is 1. The third-order valence-electron chi connectivity index (χ3n) is 5.25. The zero-order valence-electron chi connectivity index (χ0n) is 15.4. The zero-order chi connectivity index (χ0) is 18.6. The zero-order valence-corrected chi connectivity index (χ0v) is 15.4. The van der Waals surface area contributed by atoms with Crippen LogP contribution >= 0.6 is 0 Å². The molecule has 2 aromatic heterocycles. The van der Waals surface area contributed by atoms with E-state index >= 15 is 0 Å². The van der Waals surface area contributed by atoms with Gasteiger partial charge in [0.25, 0.3) is 11.5 Å². The molecule has 0 aromatic carbocycles. The van der Waals surface area contributed by atoms with Crippen molar-refractivity contribution >= 4 is 5.91 Å². The molecule has 6 nitrogen and oxygen atoms in total. The van der Waals surface area contributed by atoms with Crippen molar-refractivity contribution in [3.05, 3.63) is 57.8 Å². The van der Waals surface area contributed by atoms with Gasteiger partial charge in [0.1, 0.15) is 11.3 Å². The maximum atomic E-state index is 13.1. The van der Waals surface area contributed by atoms with E-state index in [1.54, 1.807) is 17.0 Å². The monoisotopic (exact) mass is 367 g/mol. The summed E-state index contributed by atoms with van der Waals surface area (Å²) in [5.41, 5.74) is 2.21. The molecule has 0 unspecified atom stereocenters. The van der Waals surface area contributed by atoms with Gasteiger partial charge in [-0.25, -0.2) is 0 Å². The number of nitrogens with one attached hydrogen (secondary N) is 1. The van der Waals surface area contributed by atoms with Crippen LogP contribution in [0, 0.1) is 5.92 Å². The Hall–Kier alpha value is -2.63. The van der Waals surface area contributed by atoms with E-state index in [1.165, 1.54) is 6.07 Å². The predicted molar refractivity (Wildman–Crippen MR) is 102 cm³/mol. The molecule has 2 aromatic rings. The number of fused-ring (bicyclic) bond motifs is 1. The lowest BCUT2D eigenvalue weighted by atomic mass is 10.1. The summed E-state index contributed by atoms with van der Waals surface area (Å²) < 4.78 is 7.70. The number of pyridine rings is 2. The van der Waals surface area contributed by atoms with Gasteiger partial charge in [-0.05, 0) is 49.7 Å². The Morgan fingerprint density at radius 2 is 2.19 bits per heavy atom. The van der Waals surface area contributed by atoms with Crippen molar-refractivity contribution in [3.63, 3.8) is 0 Å². The van der Waals surface area contributed by atoms with Gasteiger partial charge in [0.15, 0.2) is 0 Å². The van der Waals surface area contributed by atoms with Crippen molar-refractivity contribution in [3.8, 4) is 5.75 Å². The van der Waals surface area contributed by atoms with Gasteiger partial charge in [-0.15, -0.1) is 0 Å². The standard InChI is InChI=1S/C21H25N3O3/c25-19-11-18(27-14-15-7-8-15)20(17-6-2-1-3-10-24(17)19)21(26)23-13-16-5-4-9-22-12-16/h4-5,9,11-12,15H,1-3,6-8,10,13-14H2,(H,23,26). The molecule has 1 amide bonds. The van der Waals surface area contributed by atoms with Crippen molar-refractivity contribution in [1.82, 2.24) is 14.9 Å². The first kappa shape index (κ1) is 17.8. The van der Waals surface area contributed by atoms with Crippen LogP contribution in [0.2, 0.25) is 0 Å². The maximum Gasteiger partial charge on any atom is 0.257 e. The second kappa shape index (κ2) is 7.94. The van der Waals surface area contributed by atoms with Crippen LogP contribution in [0.15, 0.2) is 35.4 Å². The SMILES string of the molecule is O=C(NCc1cccnc1)c1c(OCC2CC2)cc(=O)n2c1CCCCC2. The molecule has 0 saturated heterocycles. The second-order valence-electron chi connectivity index (χ2n) is 7.43. The van der Waals surface area contributed by atoms with E-state index in [9.17, 15) is 9.59 Å². The Kier molecular flexibility index (Phi) is 5.23. The van der Waals surface area contributed by atoms with Crippen LogP contribution < -0.4 is 15.6 Å². The van der Waals surface area contributed by atoms with Gasteiger partial charge in [-0.1, -0.05) is 12.5 Å². The average Bonchev–Trinajstić information content (AvgIpc) is 3.52. The van der Waals surface area contributed by atoms with Crippen LogP contribution in [-0.4, -0.2) is 22.1 Å². The third-order valence-corrected chi connectivity index (χ3v) is 5.25. The third kappa shape index (κ3) is 4.21. The van der Waals surface area contributed by atoms with Crippen LogP contribution in [0.3, 0.4) is 0 Å². The van der Waals surface area contributed by atoms with E-state index in [4.69, 9.17) is 4.74 Å². The minimum Gasteiger partial charge on any atom is -0.492 e. The van der Waals surface area contributed by atoms with E-state index in [1.807, 2.05) is 12.1 Å². The highest BCUT2D eigenvalue weighted by Gasteiger charge is 2.26. The summed E-state index contributed by atoms with van der Waals surface area (Å²) >= 11 is 0. The first-order valence-corrected chi connectivity index (χ1v) is 9.79. The van der Waals surface area contributed by atoms with Gasteiger partial charge < -0.3 is 14.6 Å². The van der Waals surface area contributed by atoms with Crippen molar-refractivity contribution in [2.24, 2.45) is 5.92 Å². The molecule has 27 heavy (non-hydrogen) atoms. The van der Waals surface area contributed by atoms with Gasteiger partial charge in [0, 0.05) is 37.2 Å². The fourth-order valence-corrected chi connectivity index (χ4v) is 3.54. The molecule has 1 saturated carbocycles. The molecular weight excluding hydrogens is 342 g/mol. The molecule has 2 aliphatic rings. The number of aromatic nitrogens is 2. The van der Waals surface area contributed by atoms with Gasteiger partial charge in [-0.2, -0.15) is 0 Å². The predicted octanol–water partition coefficient (Wildman–Crippen LogP) is 2.69. The van der Waals surface area contributed by atoms with Crippen LogP contribution in [0.25, 0.3) is 0 Å². The summed E-state index contributed by atoms with van der Waals surface area (Å²) in [6, 6.07) is 5.27. The lowest BCUT2D eigenvalue weighted by molar-refractivity contribution is 0.0944. The Bertz CT molecular complexity index is 872. The molecule has 1 aliphatic carbocycles. The molecule has 142 valence electrons. The molecule has 0 atom stereocenters. The normalized spacial score (nSPS) is 16.3. The molecule has 0 spiro atoms. The quantitative estimate of drug-likeness (QED) is 0.852. The number of carbonyl (C=O) groups is 1. The molecular formula is C21H25N3O3. The second-order valence-corrected chi connectivity index (χ2v) is 7.43. The number of rotatable bonds is 6. The Morgan fingerprint density at radius 1 is 1.30 bits per heavy atom. The largest absolute Gasteiger partial charge is 0.492 e. The summed E-state index contributed by atoms with van der Waals surface area (Å²) in [5.74, 6) is 0.803. The van der Waals surface area contributed by atoms with Gasteiger partial charge in [0.2, 0.25) is 0 Å². The smallest absolute Gasteiger partial charge is 0.257 e. The number of nitrogens with zero attached hydrogens (tertiary/aromatic N) is 2. The van der Waals surface area contributed by atoms with E-state index in [0.29, 0.717) is 36.9 Å². The summed E-state index contributed by atoms with van der Waals surface area (Å²) in [6.07, 6.45) is 9.50. The van der Waals surface area contributed by atoms with Gasteiger partial charge >= 0.3 is 0 Å². The van der Waals surface area contributed by atoms with E-state index in [0.717, 1.165) is 49.8 Å². The summed E-state index contributed by atoms with van der Waals surface area (Å²) in [6.45, 7) is 1.64. The minimum atomic E-state index is -0.185. The van der Waals surface area contributed by atoms with Gasteiger partial charge in [-0.3, -0.25) is 14.6 Å². The summed E-state index contributed by atoms with van der Waals surface area (Å²) in [7, 11) is 0. The molecule has 0 radical (unpaired) electrons. The van der Waals surface area contributed by atoms with Crippen LogP contribution in [0.4, 0.5) is 0 Å². The Labute approximate surface area is 158 Å². The molecule has 4 rings (SSSR count). The summed E-state index contributed by atoms with van der Waals surface area (Å²) in [4.78, 5) is 29.7. The van der Waals surface area contributed by atoms with Crippen LogP contribution in [0.1, 0.15) is 53.7 Å². The molecule has 1 N–H and O–H groups in total. The highest BCUT2D eigenvalue weighted by molar-refractivity contribution is 5.98. The highest BCUT2D eigenvalue weighted by Crippen LogP contribution is 2.31. The molecule has 1 aliphatic heterocycles. The lowest BCUT2D eigenvalue weighted by Gasteiger charge is -2.18. The summed E-state index contributed by atoms with van der Waals surface area (Å²) in [5, 5.41) is 2.97. The van der Waals surface area contributed by atoms with Crippen molar-refractivity contribution in [2.45, 2.75) is 51.6 Å². The molecule has 6 heteroatoms. The van der Waals surface area contributed by atoms with Crippen molar-refractivity contribution in [1.29, 1.82) is 0 Å². The minimum absolute atomic E-state index is 0.0680. The van der Waals surface area contributed by atoms with E-state index in [-0.39, 0.29) is 11.5 Å². The number of hydrogen-bond donors (Lipinski definition) is 1. The maximum absolute atomic E-state index is 13.1. The molecule has 3 heterocycles. The molecule has 0 bridgehead atoms. The van der Waals surface area contributed by atoms with Gasteiger partial charge in [0.05, 0.1) is 6.61 Å². The molecule has 1 fully saturated rings. The first-order chi connectivity index (χ1) is 13.2. The Morgan fingerprint density at radius 3 is 2.96 bits per heavy atom. The number of hydrogen-bond acceptors (Lipinski definition) is 4. The van der Waals surface area contributed by atoms with Crippen molar-refractivity contribution < 1.29 is 9.53 Å². The Balaban J connectivity index is 1.64. The fraction of sp³-hybridized carbons (Fsp3) is 0.476. The highest BCUT2D eigenvalue weighted by atomic mass is 16.5. The van der Waals surface area contributed by atoms with Crippen molar-refractivity contribution in [2.75, 3.05) is 6.61 Å². The van der Waals surface area contributed by atoms with Crippen LogP contribution in [0.5, 0.6) is 5.75 Å². The average molecular weight is 367 g/mol. The number of carbonyl (C=O) groups excluding carboxylic acids is 1. The number of ether oxygens (including phenoxy) is 1. The van der Waals surface area contributed by atoms with E-state index < -0.39 is 0 Å². The topological polar surface area (TPSA) is 73.2 Å². The van der Waals surface area contributed by atoms with E-state index in [2.05, 4.69) is 10.3 Å². The first-order valence-electron chi connectivity index (χ1n) is 9.79.